The van der Waals surface area contributed by atoms with E-state index < -0.39 is 5.97 Å². The van der Waals surface area contributed by atoms with Crippen LogP contribution in [-0.2, 0) is 6.54 Å². The number of aromatic amines is 1. The molecule has 1 fully saturated rings. The summed E-state index contributed by atoms with van der Waals surface area (Å²) in [5.41, 5.74) is 4.60. The van der Waals surface area contributed by atoms with Crippen LogP contribution in [0.3, 0.4) is 0 Å². The van der Waals surface area contributed by atoms with Crippen molar-refractivity contribution in [3.63, 3.8) is 0 Å². The summed E-state index contributed by atoms with van der Waals surface area (Å²) in [6.45, 7) is 4.64. The molecule has 0 radical (unpaired) electrons. The maximum atomic E-state index is 11.4. The number of aromatic nitrogens is 2. The van der Waals surface area contributed by atoms with E-state index in [9.17, 15) is 9.90 Å². The van der Waals surface area contributed by atoms with Crippen LogP contribution in [0.2, 0.25) is 0 Å². The van der Waals surface area contributed by atoms with E-state index in [1.54, 1.807) is 12.1 Å². The Labute approximate surface area is 152 Å². The van der Waals surface area contributed by atoms with Crippen molar-refractivity contribution in [3.8, 4) is 0 Å². The number of H-pyrrole nitrogens is 1. The van der Waals surface area contributed by atoms with Gasteiger partial charge in [0.1, 0.15) is 5.82 Å². The zero-order valence-electron chi connectivity index (χ0n) is 14.9. The van der Waals surface area contributed by atoms with Crippen molar-refractivity contribution in [2.45, 2.75) is 32.2 Å². The van der Waals surface area contributed by atoms with Gasteiger partial charge in [-0.1, -0.05) is 30.3 Å². The fraction of sp³-hybridized carbons (Fsp3) is 0.333. The highest BCUT2D eigenvalue weighted by Crippen LogP contribution is 2.28. The summed E-state index contributed by atoms with van der Waals surface area (Å²) in [5.74, 6) is 0.542. The highest BCUT2D eigenvalue weighted by atomic mass is 16.4. The lowest BCUT2D eigenvalue weighted by molar-refractivity contribution is 0.0694. The molecule has 0 aliphatic carbocycles. The lowest BCUT2D eigenvalue weighted by atomic mass is 9.96. The SMILES string of the molecule is Cc1cccc2[nH]c([C@H]3CCCN(Cc4ccccc4C(=O)O)C3)nc12. The minimum absolute atomic E-state index is 0.354. The van der Waals surface area contributed by atoms with Gasteiger partial charge in [-0.05, 0) is 49.6 Å². The molecule has 1 aliphatic heterocycles. The van der Waals surface area contributed by atoms with Crippen molar-refractivity contribution in [1.82, 2.24) is 14.9 Å². The van der Waals surface area contributed by atoms with Gasteiger partial charge in [-0.25, -0.2) is 9.78 Å². The molecule has 2 N–H and O–H groups in total. The Morgan fingerprint density at radius 1 is 1.27 bits per heavy atom. The van der Waals surface area contributed by atoms with E-state index >= 15 is 0 Å². The van der Waals surface area contributed by atoms with Gasteiger partial charge in [0.2, 0.25) is 0 Å². The number of benzene rings is 2. The molecule has 3 aromatic rings. The Morgan fingerprint density at radius 2 is 2.12 bits per heavy atom. The number of aromatic carboxylic acids is 1. The molecule has 26 heavy (non-hydrogen) atoms. The van der Waals surface area contributed by atoms with Gasteiger partial charge in [0, 0.05) is 19.0 Å². The summed E-state index contributed by atoms with van der Waals surface area (Å²) in [5, 5.41) is 9.40. The summed E-state index contributed by atoms with van der Waals surface area (Å²) in [4.78, 5) is 22.1. The van der Waals surface area contributed by atoms with Crippen LogP contribution in [0.1, 0.15) is 46.1 Å². The van der Waals surface area contributed by atoms with Gasteiger partial charge >= 0.3 is 5.97 Å². The number of carboxylic acid groups (broad SMARTS) is 1. The van der Waals surface area contributed by atoms with Gasteiger partial charge < -0.3 is 10.1 Å². The minimum Gasteiger partial charge on any atom is -0.478 e. The lowest BCUT2D eigenvalue weighted by Crippen LogP contribution is -2.34. The third kappa shape index (κ3) is 3.22. The van der Waals surface area contributed by atoms with Crippen LogP contribution in [0.25, 0.3) is 11.0 Å². The number of carboxylic acids is 1. The van der Waals surface area contributed by atoms with Gasteiger partial charge in [-0.3, -0.25) is 4.90 Å². The Morgan fingerprint density at radius 3 is 2.92 bits per heavy atom. The number of carbonyl (C=O) groups is 1. The smallest absolute Gasteiger partial charge is 0.336 e. The molecule has 134 valence electrons. The van der Waals surface area contributed by atoms with Crippen LogP contribution in [0.5, 0.6) is 0 Å². The summed E-state index contributed by atoms with van der Waals surface area (Å²) in [6.07, 6.45) is 2.20. The number of fused-ring (bicyclic) bond motifs is 1. The van der Waals surface area contributed by atoms with Crippen molar-refractivity contribution in [3.05, 3.63) is 65.0 Å². The monoisotopic (exact) mass is 349 g/mol. The zero-order chi connectivity index (χ0) is 18.1. The van der Waals surface area contributed by atoms with E-state index in [1.807, 2.05) is 12.1 Å². The molecule has 0 bridgehead atoms. The molecule has 0 unspecified atom stereocenters. The van der Waals surface area contributed by atoms with E-state index in [-0.39, 0.29) is 0 Å². The average molecular weight is 349 g/mol. The molecule has 0 saturated carbocycles. The molecule has 1 aliphatic rings. The second-order valence-electron chi connectivity index (χ2n) is 7.13. The molecule has 2 heterocycles. The van der Waals surface area contributed by atoms with Crippen molar-refractivity contribution in [1.29, 1.82) is 0 Å². The number of para-hydroxylation sites is 1. The number of likely N-dealkylation sites (tertiary alicyclic amines) is 1. The molecule has 2 aromatic carbocycles. The van der Waals surface area contributed by atoms with E-state index in [0.717, 1.165) is 48.4 Å². The summed E-state index contributed by atoms with van der Waals surface area (Å²) in [7, 11) is 0. The summed E-state index contributed by atoms with van der Waals surface area (Å²) in [6, 6.07) is 13.5. The maximum absolute atomic E-state index is 11.4. The van der Waals surface area contributed by atoms with Gasteiger partial charge in [-0.15, -0.1) is 0 Å². The van der Waals surface area contributed by atoms with Crippen LogP contribution >= 0.6 is 0 Å². The first kappa shape index (κ1) is 16.8. The topological polar surface area (TPSA) is 69.2 Å². The number of hydrogen-bond acceptors (Lipinski definition) is 3. The first-order valence-corrected chi connectivity index (χ1v) is 9.10. The number of hydrogen-bond donors (Lipinski definition) is 2. The Kier molecular flexibility index (Phi) is 4.47. The van der Waals surface area contributed by atoms with Crippen LogP contribution in [0.4, 0.5) is 0 Å². The van der Waals surface area contributed by atoms with Gasteiger partial charge in [0.25, 0.3) is 0 Å². The van der Waals surface area contributed by atoms with Crippen molar-refractivity contribution in [2.24, 2.45) is 0 Å². The fourth-order valence-electron chi connectivity index (χ4n) is 3.92. The molecule has 1 saturated heterocycles. The molecule has 0 amide bonds. The third-order valence-electron chi connectivity index (χ3n) is 5.27. The van der Waals surface area contributed by atoms with Crippen molar-refractivity contribution >= 4 is 17.0 Å². The normalized spacial score (nSPS) is 18.3. The molecule has 5 heteroatoms. The molecule has 5 nitrogen and oxygen atoms in total. The highest BCUT2D eigenvalue weighted by molar-refractivity contribution is 5.89. The Bertz CT molecular complexity index is 947. The number of piperidine rings is 1. The molecule has 0 spiro atoms. The maximum Gasteiger partial charge on any atom is 0.336 e. The standard InChI is InChI=1S/C21H23N3O2/c1-14-6-4-10-18-19(14)23-20(22-18)16-8-5-11-24(13-16)12-15-7-2-3-9-17(15)21(25)26/h2-4,6-7,9-10,16H,5,8,11-13H2,1H3,(H,22,23)(H,25,26)/t16-/m0/s1. The molecular weight excluding hydrogens is 326 g/mol. The van der Waals surface area contributed by atoms with Gasteiger partial charge in [0.05, 0.1) is 16.6 Å². The van der Waals surface area contributed by atoms with Gasteiger partial charge in [-0.2, -0.15) is 0 Å². The van der Waals surface area contributed by atoms with Crippen LogP contribution in [0.15, 0.2) is 42.5 Å². The zero-order valence-corrected chi connectivity index (χ0v) is 14.9. The van der Waals surface area contributed by atoms with Crippen molar-refractivity contribution in [2.75, 3.05) is 13.1 Å². The number of rotatable bonds is 4. The second kappa shape index (κ2) is 6.92. The quantitative estimate of drug-likeness (QED) is 0.748. The summed E-state index contributed by atoms with van der Waals surface area (Å²) >= 11 is 0. The van der Waals surface area contributed by atoms with Crippen molar-refractivity contribution < 1.29 is 9.90 Å². The summed E-state index contributed by atoms with van der Waals surface area (Å²) < 4.78 is 0. The number of imidazole rings is 1. The van der Waals surface area contributed by atoms with Gasteiger partial charge in [0.15, 0.2) is 0 Å². The molecular formula is C21H23N3O2. The number of aryl methyl sites for hydroxylation is 1. The first-order chi connectivity index (χ1) is 12.6. The Balaban J connectivity index is 1.54. The molecule has 1 aromatic heterocycles. The van der Waals surface area contributed by atoms with E-state index in [4.69, 9.17) is 4.98 Å². The Hall–Kier alpha value is -2.66. The van der Waals surface area contributed by atoms with E-state index in [1.165, 1.54) is 5.56 Å². The van der Waals surface area contributed by atoms with Crippen LogP contribution in [0, 0.1) is 6.92 Å². The first-order valence-electron chi connectivity index (χ1n) is 9.10. The van der Waals surface area contributed by atoms with E-state index in [0.29, 0.717) is 18.0 Å². The highest BCUT2D eigenvalue weighted by Gasteiger charge is 2.25. The molecule has 1 atom stereocenters. The average Bonchev–Trinajstić information content (AvgIpc) is 3.08. The third-order valence-corrected chi connectivity index (χ3v) is 5.27. The second-order valence-corrected chi connectivity index (χ2v) is 7.13. The van der Waals surface area contributed by atoms with Crippen LogP contribution in [-0.4, -0.2) is 39.0 Å². The minimum atomic E-state index is -0.859. The fourth-order valence-corrected chi connectivity index (χ4v) is 3.92. The lowest BCUT2D eigenvalue weighted by Gasteiger charge is -2.32. The van der Waals surface area contributed by atoms with E-state index in [2.05, 4.69) is 35.0 Å². The van der Waals surface area contributed by atoms with Crippen LogP contribution < -0.4 is 0 Å². The number of nitrogens with one attached hydrogen (secondary N) is 1. The number of nitrogens with zero attached hydrogens (tertiary/aromatic N) is 2. The predicted molar refractivity (Wildman–Crippen MR) is 101 cm³/mol. The predicted octanol–water partition coefficient (Wildman–Crippen LogP) is 3.95. The largest absolute Gasteiger partial charge is 0.478 e. The molecule has 4 rings (SSSR count).